The van der Waals surface area contributed by atoms with Gasteiger partial charge in [0, 0.05) is 28.9 Å². The molecule has 32 heavy (non-hydrogen) atoms. The molecule has 6 nitrogen and oxygen atoms in total. The number of fused-ring (bicyclic) bond motifs is 2. The lowest BCUT2D eigenvalue weighted by molar-refractivity contribution is -0.122. The molecule has 0 saturated heterocycles. The van der Waals surface area contributed by atoms with Gasteiger partial charge >= 0.3 is 0 Å². The molecule has 1 saturated carbocycles. The number of phenolic OH excluding ortho intramolecular Hbond substituents is 1. The molecule has 0 bridgehead atoms. The summed E-state index contributed by atoms with van der Waals surface area (Å²) in [5.74, 6) is -0.878. The number of phenols is 1. The van der Waals surface area contributed by atoms with Crippen LogP contribution in [-0.4, -0.2) is 34.3 Å². The minimum atomic E-state index is -0.291. The smallest absolute Gasteiger partial charge is 0.261 e. The van der Waals surface area contributed by atoms with Crippen molar-refractivity contribution in [2.45, 2.75) is 25.7 Å². The van der Waals surface area contributed by atoms with Gasteiger partial charge in [-0.25, -0.2) is 0 Å². The second-order valence-electron chi connectivity index (χ2n) is 8.58. The average Bonchev–Trinajstić information content (AvgIpc) is 3.05. The maximum absolute atomic E-state index is 13.3. The highest BCUT2D eigenvalue weighted by Crippen LogP contribution is 2.35. The van der Waals surface area contributed by atoms with E-state index < -0.39 is 0 Å². The van der Waals surface area contributed by atoms with Crippen LogP contribution in [0.5, 0.6) is 5.75 Å². The third-order valence-corrected chi connectivity index (χ3v) is 6.70. The van der Waals surface area contributed by atoms with E-state index in [1.165, 1.54) is 4.90 Å². The van der Waals surface area contributed by atoms with Crippen LogP contribution in [0.15, 0.2) is 60.7 Å². The van der Waals surface area contributed by atoms with Crippen molar-refractivity contribution >= 4 is 34.2 Å². The summed E-state index contributed by atoms with van der Waals surface area (Å²) in [4.78, 5) is 40.2. The summed E-state index contributed by atoms with van der Waals surface area (Å²) in [6.45, 7) is 0.251. The molecule has 1 heterocycles. The number of aromatic hydroxyl groups is 1. The van der Waals surface area contributed by atoms with Crippen molar-refractivity contribution in [3.05, 3.63) is 71.8 Å². The van der Waals surface area contributed by atoms with E-state index in [1.807, 2.05) is 18.2 Å². The Balaban J connectivity index is 1.37. The molecule has 3 amide bonds. The molecule has 3 aromatic carbocycles. The van der Waals surface area contributed by atoms with Crippen molar-refractivity contribution in [3.63, 3.8) is 0 Å². The number of rotatable bonds is 4. The second kappa shape index (κ2) is 8.11. The highest BCUT2D eigenvalue weighted by molar-refractivity contribution is 6.21. The molecular weight excluding hydrogens is 404 g/mol. The van der Waals surface area contributed by atoms with Crippen molar-refractivity contribution in [2.75, 3.05) is 11.9 Å². The molecule has 2 N–H and O–H groups in total. The predicted molar refractivity (Wildman–Crippen MR) is 121 cm³/mol. The number of anilines is 1. The van der Waals surface area contributed by atoms with Crippen LogP contribution in [0.3, 0.4) is 0 Å². The Labute approximate surface area is 185 Å². The van der Waals surface area contributed by atoms with Crippen LogP contribution in [0.4, 0.5) is 5.69 Å². The van der Waals surface area contributed by atoms with Crippen LogP contribution in [0, 0.1) is 11.8 Å². The van der Waals surface area contributed by atoms with Crippen molar-refractivity contribution in [1.29, 1.82) is 0 Å². The van der Waals surface area contributed by atoms with E-state index in [-0.39, 0.29) is 41.9 Å². The summed E-state index contributed by atoms with van der Waals surface area (Å²) in [6.07, 6.45) is 3.42. The Morgan fingerprint density at radius 3 is 2.28 bits per heavy atom. The number of carbonyl (C=O) groups excluding carboxylic acids is 3. The normalized spacial score (nSPS) is 20.4. The third kappa shape index (κ3) is 3.42. The summed E-state index contributed by atoms with van der Waals surface area (Å²) in [7, 11) is 0. The van der Waals surface area contributed by atoms with Crippen LogP contribution in [0.1, 0.15) is 46.4 Å². The molecule has 1 aliphatic heterocycles. The summed E-state index contributed by atoms with van der Waals surface area (Å²) in [5.41, 5.74) is 1.52. The zero-order chi connectivity index (χ0) is 22.2. The monoisotopic (exact) mass is 428 g/mol. The number of amides is 3. The minimum Gasteiger partial charge on any atom is -0.507 e. The molecule has 2 atom stereocenters. The zero-order valence-corrected chi connectivity index (χ0v) is 17.6. The number of nitrogens with zero attached hydrogens (tertiary/aromatic N) is 1. The zero-order valence-electron chi connectivity index (χ0n) is 17.6. The van der Waals surface area contributed by atoms with E-state index >= 15 is 0 Å². The van der Waals surface area contributed by atoms with Crippen LogP contribution in [0.2, 0.25) is 0 Å². The van der Waals surface area contributed by atoms with E-state index in [0.29, 0.717) is 22.2 Å². The van der Waals surface area contributed by atoms with Gasteiger partial charge in [-0.15, -0.1) is 0 Å². The lowest BCUT2D eigenvalue weighted by atomic mass is 9.78. The number of hydrogen-bond donors (Lipinski definition) is 2. The fourth-order valence-electron chi connectivity index (χ4n) is 5.04. The van der Waals surface area contributed by atoms with Gasteiger partial charge in [-0.3, -0.25) is 19.3 Å². The van der Waals surface area contributed by atoms with Crippen LogP contribution >= 0.6 is 0 Å². The Morgan fingerprint density at radius 1 is 0.875 bits per heavy atom. The van der Waals surface area contributed by atoms with Crippen LogP contribution in [0.25, 0.3) is 10.8 Å². The SMILES string of the molecule is O=C(Nc1cccc2c(O)cccc12)C1CCCCC1CN1C(=O)c2ccccc2C1=O. The minimum absolute atomic E-state index is 0.0886. The Hall–Kier alpha value is -3.67. The molecule has 162 valence electrons. The number of nitrogens with one attached hydrogen (secondary N) is 1. The summed E-state index contributed by atoms with van der Waals surface area (Å²) in [6, 6.07) is 17.5. The summed E-state index contributed by atoms with van der Waals surface area (Å²) < 4.78 is 0. The number of imide groups is 1. The van der Waals surface area contributed by atoms with E-state index in [4.69, 9.17) is 0 Å². The highest BCUT2D eigenvalue weighted by atomic mass is 16.3. The van der Waals surface area contributed by atoms with Gasteiger partial charge in [0.15, 0.2) is 0 Å². The molecule has 0 aromatic heterocycles. The second-order valence-corrected chi connectivity index (χ2v) is 8.58. The first-order valence-corrected chi connectivity index (χ1v) is 11.0. The van der Waals surface area contributed by atoms with Crippen LogP contribution < -0.4 is 5.32 Å². The van der Waals surface area contributed by atoms with E-state index in [0.717, 1.165) is 31.1 Å². The summed E-state index contributed by atoms with van der Waals surface area (Å²) >= 11 is 0. The van der Waals surface area contributed by atoms with E-state index in [9.17, 15) is 19.5 Å². The first-order valence-electron chi connectivity index (χ1n) is 11.0. The molecule has 3 aromatic rings. The van der Waals surface area contributed by atoms with Crippen molar-refractivity contribution < 1.29 is 19.5 Å². The highest BCUT2D eigenvalue weighted by Gasteiger charge is 2.40. The number of benzene rings is 3. The number of hydrogen-bond acceptors (Lipinski definition) is 4. The fourth-order valence-corrected chi connectivity index (χ4v) is 5.04. The van der Waals surface area contributed by atoms with Gasteiger partial charge < -0.3 is 10.4 Å². The lowest BCUT2D eigenvalue weighted by Crippen LogP contribution is -2.41. The Kier molecular flexibility index (Phi) is 5.13. The quantitative estimate of drug-likeness (QED) is 0.595. The molecule has 1 fully saturated rings. The van der Waals surface area contributed by atoms with E-state index in [1.54, 1.807) is 42.5 Å². The molecule has 0 radical (unpaired) electrons. The molecule has 0 spiro atoms. The maximum Gasteiger partial charge on any atom is 0.261 e. The van der Waals surface area contributed by atoms with Crippen LogP contribution in [-0.2, 0) is 4.79 Å². The average molecular weight is 428 g/mol. The molecule has 1 aliphatic carbocycles. The fraction of sp³-hybridized carbons (Fsp3) is 0.269. The number of carbonyl (C=O) groups is 3. The maximum atomic E-state index is 13.3. The first-order chi connectivity index (χ1) is 15.5. The van der Waals surface area contributed by atoms with Gasteiger partial charge in [0.25, 0.3) is 11.8 Å². The van der Waals surface area contributed by atoms with Gasteiger partial charge in [0.2, 0.25) is 5.91 Å². The standard InChI is InChI=1S/C26H24N2O4/c29-23-14-6-11-18-19(23)12-5-13-22(18)27-24(30)17-8-2-1-7-16(17)15-28-25(31)20-9-3-4-10-21(20)26(28)32/h3-6,9-14,16-17,29H,1-2,7-8,15H2,(H,27,30). The van der Waals surface area contributed by atoms with Gasteiger partial charge in [-0.2, -0.15) is 0 Å². The first kappa shape index (κ1) is 20.2. The largest absolute Gasteiger partial charge is 0.507 e. The van der Waals surface area contributed by atoms with Crippen molar-refractivity contribution in [2.24, 2.45) is 11.8 Å². The van der Waals surface area contributed by atoms with Crippen molar-refractivity contribution in [1.82, 2.24) is 4.90 Å². The topological polar surface area (TPSA) is 86.7 Å². The molecular formula is C26H24N2O4. The molecule has 6 heteroatoms. The van der Waals surface area contributed by atoms with Gasteiger partial charge in [0.05, 0.1) is 11.1 Å². The molecule has 2 aliphatic rings. The third-order valence-electron chi connectivity index (χ3n) is 6.70. The molecule has 2 unspecified atom stereocenters. The lowest BCUT2D eigenvalue weighted by Gasteiger charge is -2.33. The Morgan fingerprint density at radius 2 is 1.53 bits per heavy atom. The van der Waals surface area contributed by atoms with Gasteiger partial charge in [0.1, 0.15) is 5.75 Å². The van der Waals surface area contributed by atoms with E-state index in [2.05, 4.69) is 5.32 Å². The van der Waals surface area contributed by atoms with Gasteiger partial charge in [-0.05, 0) is 43.0 Å². The van der Waals surface area contributed by atoms with Gasteiger partial charge in [-0.1, -0.05) is 49.2 Å². The summed E-state index contributed by atoms with van der Waals surface area (Å²) in [5, 5.41) is 14.6. The van der Waals surface area contributed by atoms with Crippen molar-refractivity contribution in [3.8, 4) is 5.75 Å². The molecule has 5 rings (SSSR count). The predicted octanol–water partition coefficient (Wildman–Crippen LogP) is 4.59. The Bertz CT molecular complexity index is 1200.